The molecule has 1 aromatic rings. The normalized spacial score (nSPS) is 14.4. The molecule has 0 bridgehead atoms. The molecule has 2 N–H and O–H groups in total. The van der Waals surface area contributed by atoms with Gasteiger partial charge in [-0.15, -0.1) is 0 Å². The van der Waals surface area contributed by atoms with Crippen molar-refractivity contribution in [3.05, 3.63) is 24.3 Å². The van der Waals surface area contributed by atoms with Crippen molar-refractivity contribution < 1.29 is 9.53 Å². The van der Waals surface area contributed by atoms with Crippen molar-refractivity contribution in [1.82, 2.24) is 4.90 Å². The van der Waals surface area contributed by atoms with Gasteiger partial charge in [-0.2, -0.15) is 0 Å². The molecule has 0 atom stereocenters. The second-order valence-electron chi connectivity index (χ2n) is 4.27. The molecule has 1 aliphatic carbocycles. The molecule has 1 fully saturated rings. The molecular formula is C13H18N2O2. The van der Waals surface area contributed by atoms with Gasteiger partial charge in [0.05, 0.1) is 0 Å². The highest BCUT2D eigenvalue weighted by atomic mass is 16.5. The van der Waals surface area contributed by atoms with Crippen LogP contribution in [0.25, 0.3) is 0 Å². The Hall–Kier alpha value is -1.71. The minimum Gasteiger partial charge on any atom is -0.484 e. The molecule has 0 saturated heterocycles. The maximum Gasteiger partial charge on any atom is 0.260 e. The van der Waals surface area contributed by atoms with Crippen LogP contribution in [-0.4, -0.2) is 30.0 Å². The van der Waals surface area contributed by atoms with Crippen LogP contribution in [0.3, 0.4) is 0 Å². The summed E-state index contributed by atoms with van der Waals surface area (Å²) < 4.78 is 5.44. The monoisotopic (exact) mass is 234 g/mol. The Morgan fingerprint density at radius 1 is 1.41 bits per heavy atom. The molecule has 4 nitrogen and oxygen atoms in total. The number of ether oxygens (including phenoxy) is 1. The summed E-state index contributed by atoms with van der Waals surface area (Å²) in [4.78, 5) is 13.8. The summed E-state index contributed by atoms with van der Waals surface area (Å²) in [5, 5.41) is 0. The summed E-state index contributed by atoms with van der Waals surface area (Å²) in [6, 6.07) is 7.52. The van der Waals surface area contributed by atoms with Crippen molar-refractivity contribution in [2.24, 2.45) is 0 Å². The standard InChI is InChI=1S/C13H18N2O2/c1-2-15(11-5-6-11)13(16)9-17-12-7-3-10(14)4-8-12/h3-4,7-8,11H,2,5-6,9,14H2,1H3. The first-order valence-corrected chi connectivity index (χ1v) is 5.98. The van der Waals surface area contributed by atoms with E-state index >= 15 is 0 Å². The van der Waals surface area contributed by atoms with Crippen LogP contribution in [0.15, 0.2) is 24.3 Å². The van der Waals surface area contributed by atoms with Crippen molar-refractivity contribution in [3.8, 4) is 5.75 Å². The number of amides is 1. The third-order valence-corrected chi connectivity index (χ3v) is 2.89. The van der Waals surface area contributed by atoms with Crippen molar-refractivity contribution in [3.63, 3.8) is 0 Å². The summed E-state index contributed by atoms with van der Waals surface area (Å²) in [5.41, 5.74) is 6.26. The van der Waals surface area contributed by atoms with Crippen LogP contribution in [0.2, 0.25) is 0 Å². The van der Waals surface area contributed by atoms with E-state index in [2.05, 4.69) is 0 Å². The lowest BCUT2D eigenvalue weighted by atomic mass is 10.3. The van der Waals surface area contributed by atoms with Crippen molar-refractivity contribution in [2.45, 2.75) is 25.8 Å². The minimum atomic E-state index is 0.0619. The van der Waals surface area contributed by atoms with Gasteiger partial charge in [-0.05, 0) is 44.0 Å². The molecule has 0 spiro atoms. The van der Waals surface area contributed by atoms with Gasteiger partial charge in [0.15, 0.2) is 6.61 Å². The lowest BCUT2D eigenvalue weighted by Crippen LogP contribution is -2.36. The van der Waals surface area contributed by atoms with E-state index in [4.69, 9.17) is 10.5 Å². The predicted molar refractivity (Wildman–Crippen MR) is 66.8 cm³/mol. The second-order valence-corrected chi connectivity index (χ2v) is 4.27. The molecule has 0 aromatic heterocycles. The van der Waals surface area contributed by atoms with Crippen LogP contribution in [0.1, 0.15) is 19.8 Å². The third-order valence-electron chi connectivity index (χ3n) is 2.89. The molecule has 92 valence electrons. The molecule has 1 amide bonds. The van der Waals surface area contributed by atoms with E-state index in [1.807, 2.05) is 11.8 Å². The highest BCUT2D eigenvalue weighted by molar-refractivity contribution is 5.78. The van der Waals surface area contributed by atoms with E-state index < -0.39 is 0 Å². The summed E-state index contributed by atoms with van der Waals surface area (Å²) >= 11 is 0. The van der Waals surface area contributed by atoms with Gasteiger partial charge in [0, 0.05) is 18.3 Å². The lowest BCUT2D eigenvalue weighted by Gasteiger charge is -2.20. The molecule has 0 unspecified atom stereocenters. The van der Waals surface area contributed by atoms with Gasteiger partial charge < -0.3 is 15.4 Å². The van der Waals surface area contributed by atoms with E-state index in [0.717, 1.165) is 19.4 Å². The Morgan fingerprint density at radius 3 is 2.59 bits per heavy atom. The fourth-order valence-corrected chi connectivity index (χ4v) is 1.82. The quantitative estimate of drug-likeness (QED) is 0.788. The fourth-order valence-electron chi connectivity index (χ4n) is 1.82. The maximum absolute atomic E-state index is 11.9. The number of benzene rings is 1. The number of carbonyl (C=O) groups excluding carboxylic acids is 1. The number of likely N-dealkylation sites (N-methyl/N-ethyl adjacent to an activating group) is 1. The molecule has 1 saturated carbocycles. The maximum atomic E-state index is 11.9. The number of nitrogens with zero attached hydrogens (tertiary/aromatic N) is 1. The molecular weight excluding hydrogens is 216 g/mol. The van der Waals surface area contributed by atoms with Crippen molar-refractivity contribution in [1.29, 1.82) is 0 Å². The number of nitrogen functional groups attached to an aromatic ring is 1. The number of hydrogen-bond acceptors (Lipinski definition) is 3. The average Bonchev–Trinajstić information content (AvgIpc) is 3.14. The predicted octanol–water partition coefficient (Wildman–Crippen LogP) is 1.66. The number of hydrogen-bond donors (Lipinski definition) is 1. The van der Waals surface area contributed by atoms with E-state index in [1.165, 1.54) is 0 Å². The zero-order chi connectivity index (χ0) is 12.3. The highest BCUT2D eigenvalue weighted by Crippen LogP contribution is 2.26. The van der Waals surface area contributed by atoms with Crippen LogP contribution in [0.4, 0.5) is 5.69 Å². The first-order chi connectivity index (χ1) is 8.20. The van der Waals surface area contributed by atoms with Gasteiger partial charge in [-0.1, -0.05) is 0 Å². The Labute approximate surface area is 101 Å². The van der Waals surface area contributed by atoms with Gasteiger partial charge in [-0.25, -0.2) is 0 Å². The third kappa shape index (κ3) is 3.12. The molecule has 1 aromatic carbocycles. The smallest absolute Gasteiger partial charge is 0.260 e. The Balaban J connectivity index is 1.84. The SMILES string of the molecule is CCN(C(=O)COc1ccc(N)cc1)C1CC1. The number of carbonyl (C=O) groups is 1. The Morgan fingerprint density at radius 2 is 2.06 bits per heavy atom. The van der Waals surface area contributed by atoms with Gasteiger partial charge in [0.2, 0.25) is 0 Å². The zero-order valence-electron chi connectivity index (χ0n) is 10.1. The summed E-state index contributed by atoms with van der Waals surface area (Å²) in [6.07, 6.45) is 2.25. The fraction of sp³-hybridized carbons (Fsp3) is 0.462. The first kappa shape index (κ1) is 11.8. The van der Waals surface area contributed by atoms with Crippen LogP contribution in [0.5, 0.6) is 5.75 Å². The topological polar surface area (TPSA) is 55.6 Å². The summed E-state index contributed by atoms with van der Waals surface area (Å²) in [5.74, 6) is 0.742. The Bertz CT molecular complexity index is 385. The number of anilines is 1. The first-order valence-electron chi connectivity index (χ1n) is 5.98. The molecule has 1 aliphatic rings. The minimum absolute atomic E-state index is 0.0619. The van der Waals surface area contributed by atoms with Crippen LogP contribution in [-0.2, 0) is 4.79 Å². The van der Waals surface area contributed by atoms with Crippen molar-refractivity contribution in [2.75, 3.05) is 18.9 Å². The average molecular weight is 234 g/mol. The zero-order valence-corrected chi connectivity index (χ0v) is 10.1. The van der Waals surface area contributed by atoms with Gasteiger partial charge >= 0.3 is 0 Å². The molecule has 2 rings (SSSR count). The lowest BCUT2D eigenvalue weighted by molar-refractivity contribution is -0.133. The van der Waals surface area contributed by atoms with E-state index in [0.29, 0.717) is 17.5 Å². The Kier molecular flexibility index (Phi) is 3.52. The van der Waals surface area contributed by atoms with E-state index in [9.17, 15) is 4.79 Å². The molecule has 0 radical (unpaired) electrons. The highest BCUT2D eigenvalue weighted by Gasteiger charge is 2.31. The van der Waals surface area contributed by atoms with Crippen LogP contribution < -0.4 is 10.5 Å². The second kappa shape index (κ2) is 5.08. The number of rotatable bonds is 5. The van der Waals surface area contributed by atoms with E-state index in [1.54, 1.807) is 24.3 Å². The molecule has 4 heteroatoms. The van der Waals surface area contributed by atoms with Crippen LogP contribution in [0, 0.1) is 0 Å². The molecule has 0 heterocycles. The number of nitrogens with two attached hydrogens (primary N) is 1. The van der Waals surface area contributed by atoms with Gasteiger partial charge in [-0.3, -0.25) is 4.79 Å². The van der Waals surface area contributed by atoms with Crippen molar-refractivity contribution >= 4 is 11.6 Å². The molecule has 17 heavy (non-hydrogen) atoms. The van der Waals surface area contributed by atoms with Crippen LogP contribution >= 0.6 is 0 Å². The largest absolute Gasteiger partial charge is 0.484 e. The van der Waals surface area contributed by atoms with E-state index in [-0.39, 0.29) is 12.5 Å². The van der Waals surface area contributed by atoms with Gasteiger partial charge in [0.25, 0.3) is 5.91 Å². The summed E-state index contributed by atoms with van der Waals surface area (Å²) in [6.45, 7) is 2.86. The van der Waals surface area contributed by atoms with Gasteiger partial charge in [0.1, 0.15) is 5.75 Å². The summed E-state index contributed by atoms with van der Waals surface area (Å²) in [7, 11) is 0. The molecule has 0 aliphatic heterocycles.